The summed E-state index contributed by atoms with van der Waals surface area (Å²) in [6, 6.07) is 10.3. The number of rotatable bonds is 6. The number of carbonyl (C=O) groups excluding carboxylic acids is 1. The van der Waals surface area contributed by atoms with Crippen molar-refractivity contribution in [2.75, 3.05) is 5.75 Å². The van der Waals surface area contributed by atoms with Gasteiger partial charge in [-0.25, -0.2) is 0 Å². The first-order chi connectivity index (χ1) is 8.84. The molecule has 0 N–H and O–H groups in total. The van der Waals surface area contributed by atoms with E-state index in [4.69, 9.17) is 0 Å². The summed E-state index contributed by atoms with van der Waals surface area (Å²) < 4.78 is 0. The zero-order chi connectivity index (χ0) is 12.6. The maximum atomic E-state index is 11.8. The number of thioether (sulfide) groups is 1. The first-order valence-electron chi connectivity index (χ1n) is 7.02. The Morgan fingerprint density at radius 3 is 2.56 bits per heavy atom. The Balaban J connectivity index is 1.63. The van der Waals surface area contributed by atoms with Crippen molar-refractivity contribution in [2.45, 2.75) is 50.2 Å². The highest BCUT2D eigenvalue weighted by atomic mass is 32.2. The predicted molar refractivity (Wildman–Crippen MR) is 79.1 cm³/mol. The molecule has 0 radical (unpaired) electrons. The van der Waals surface area contributed by atoms with Gasteiger partial charge in [-0.2, -0.15) is 11.8 Å². The molecular weight excluding hydrogens is 240 g/mol. The first-order valence-corrected chi connectivity index (χ1v) is 8.07. The summed E-state index contributed by atoms with van der Waals surface area (Å²) in [4.78, 5) is 11.8. The monoisotopic (exact) mass is 262 g/mol. The minimum absolute atomic E-state index is 0.412. The van der Waals surface area contributed by atoms with Gasteiger partial charge in [0.2, 0.25) is 0 Å². The van der Waals surface area contributed by atoms with Gasteiger partial charge in [0.15, 0.2) is 0 Å². The molecule has 0 atom stereocenters. The van der Waals surface area contributed by atoms with Crippen molar-refractivity contribution in [1.82, 2.24) is 0 Å². The lowest BCUT2D eigenvalue weighted by atomic mass is 10.0. The molecule has 0 aliphatic heterocycles. The quantitative estimate of drug-likeness (QED) is 0.762. The second kappa shape index (κ2) is 7.63. The zero-order valence-corrected chi connectivity index (χ0v) is 11.8. The van der Waals surface area contributed by atoms with Crippen LogP contribution in [0, 0.1) is 0 Å². The van der Waals surface area contributed by atoms with Crippen molar-refractivity contribution >= 4 is 17.5 Å². The highest BCUT2D eigenvalue weighted by Crippen LogP contribution is 2.28. The van der Waals surface area contributed by atoms with Gasteiger partial charge in [-0.15, -0.1) is 0 Å². The van der Waals surface area contributed by atoms with Crippen LogP contribution < -0.4 is 0 Å². The number of hydrogen-bond acceptors (Lipinski definition) is 2. The minimum atomic E-state index is 0.412. The maximum Gasteiger partial charge on any atom is 0.143 e. The van der Waals surface area contributed by atoms with Crippen molar-refractivity contribution in [2.24, 2.45) is 0 Å². The van der Waals surface area contributed by atoms with Crippen LogP contribution in [-0.4, -0.2) is 16.8 Å². The van der Waals surface area contributed by atoms with Crippen molar-refractivity contribution in [3.8, 4) is 0 Å². The van der Waals surface area contributed by atoms with E-state index in [0.717, 1.165) is 17.4 Å². The summed E-state index contributed by atoms with van der Waals surface area (Å²) in [5.74, 6) is 1.13. The second-order valence-electron chi connectivity index (χ2n) is 5.10. The van der Waals surface area contributed by atoms with E-state index in [1.807, 2.05) is 30.0 Å². The van der Waals surface area contributed by atoms with E-state index in [2.05, 4.69) is 12.1 Å². The molecule has 0 unspecified atom stereocenters. The number of carbonyl (C=O) groups is 1. The van der Waals surface area contributed by atoms with Crippen molar-refractivity contribution < 1.29 is 4.79 Å². The summed E-state index contributed by atoms with van der Waals surface area (Å²) in [6.45, 7) is 0. The summed E-state index contributed by atoms with van der Waals surface area (Å²) in [5, 5.41) is 0.749. The van der Waals surface area contributed by atoms with Gasteiger partial charge in [-0.05, 0) is 24.8 Å². The van der Waals surface area contributed by atoms with Crippen LogP contribution in [0.3, 0.4) is 0 Å². The van der Waals surface area contributed by atoms with Crippen molar-refractivity contribution in [3.63, 3.8) is 0 Å². The molecule has 0 aromatic heterocycles. The van der Waals surface area contributed by atoms with E-state index in [9.17, 15) is 4.79 Å². The molecule has 1 saturated carbocycles. The van der Waals surface area contributed by atoms with E-state index in [0.29, 0.717) is 12.2 Å². The molecule has 1 aliphatic carbocycles. The molecular formula is C16H22OS. The fraction of sp³-hybridized carbons (Fsp3) is 0.562. The third-order valence-corrected chi connectivity index (χ3v) is 5.00. The Labute approximate surface area is 114 Å². The molecule has 1 aromatic rings. The van der Waals surface area contributed by atoms with Crippen LogP contribution in [0.4, 0.5) is 0 Å². The van der Waals surface area contributed by atoms with Crippen LogP contribution in [0.5, 0.6) is 0 Å². The van der Waals surface area contributed by atoms with Gasteiger partial charge in [-0.1, -0.05) is 49.6 Å². The summed E-state index contributed by atoms with van der Waals surface area (Å²) in [7, 11) is 0. The number of Topliss-reactive ketones (excluding diaryl/α,β-unsaturated/α-hetero) is 1. The number of hydrogen-bond donors (Lipinski definition) is 0. The molecule has 0 amide bonds. The highest BCUT2D eigenvalue weighted by molar-refractivity contribution is 8.00. The molecule has 0 saturated heterocycles. The van der Waals surface area contributed by atoms with E-state index >= 15 is 0 Å². The van der Waals surface area contributed by atoms with Crippen LogP contribution >= 0.6 is 11.8 Å². The van der Waals surface area contributed by atoms with Crippen molar-refractivity contribution in [1.29, 1.82) is 0 Å². The Morgan fingerprint density at radius 1 is 1.11 bits per heavy atom. The van der Waals surface area contributed by atoms with Gasteiger partial charge in [0.1, 0.15) is 5.78 Å². The highest BCUT2D eigenvalue weighted by Gasteiger charge is 2.15. The molecule has 1 nitrogen and oxygen atoms in total. The molecule has 0 bridgehead atoms. The fourth-order valence-electron chi connectivity index (χ4n) is 2.44. The van der Waals surface area contributed by atoms with Crippen LogP contribution in [0.15, 0.2) is 30.3 Å². The zero-order valence-electron chi connectivity index (χ0n) is 10.9. The molecule has 1 aliphatic rings. The number of aryl methyl sites for hydroxylation is 1. The number of benzene rings is 1. The van der Waals surface area contributed by atoms with E-state index < -0.39 is 0 Å². The van der Waals surface area contributed by atoms with E-state index in [-0.39, 0.29) is 0 Å². The third kappa shape index (κ3) is 4.85. The van der Waals surface area contributed by atoms with Crippen LogP contribution in [0.25, 0.3) is 0 Å². The Morgan fingerprint density at radius 2 is 1.83 bits per heavy atom. The third-order valence-electron chi connectivity index (χ3n) is 3.57. The maximum absolute atomic E-state index is 11.8. The first kappa shape index (κ1) is 13.7. The number of ketones is 1. The van der Waals surface area contributed by atoms with E-state index in [1.165, 1.54) is 37.7 Å². The topological polar surface area (TPSA) is 17.1 Å². The van der Waals surface area contributed by atoms with E-state index in [1.54, 1.807) is 0 Å². The predicted octanol–water partition coefficient (Wildman–Crippen LogP) is 4.25. The normalized spacial score (nSPS) is 16.7. The summed E-state index contributed by atoms with van der Waals surface area (Å²) in [5.41, 5.74) is 1.27. The minimum Gasteiger partial charge on any atom is -0.299 e. The van der Waals surface area contributed by atoms with Gasteiger partial charge in [-0.3, -0.25) is 4.79 Å². The molecule has 2 heteroatoms. The SMILES string of the molecule is O=C(CCc1ccccc1)CSC1CCCCC1. The van der Waals surface area contributed by atoms with Crippen LogP contribution in [-0.2, 0) is 11.2 Å². The summed E-state index contributed by atoms with van der Waals surface area (Å²) in [6.07, 6.45) is 8.33. The Kier molecular flexibility index (Phi) is 5.79. The smallest absolute Gasteiger partial charge is 0.143 e. The van der Waals surface area contributed by atoms with Crippen molar-refractivity contribution in [3.05, 3.63) is 35.9 Å². The molecule has 18 heavy (non-hydrogen) atoms. The lowest BCUT2D eigenvalue weighted by molar-refractivity contribution is -0.116. The van der Waals surface area contributed by atoms with Crippen LogP contribution in [0.2, 0.25) is 0 Å². The average molecular weight is 262 g/mol. The summed E-state index contributed by atoms with van der Waals surface area (Å²) >= 11 is 1.89. The molecule has 0 heterocycles. The molecule has 98 valence electrons. The van der Waals surface area contributed by atoms with Gasteiger partial charge < -0.3 is 0 Å². The van der Waals surface area contributed by atoms with Gasteiger partial charge in [0.05, 0.1) is 5.75 Å². The Bertz CT molecular complexity index is 355. The lowest BCUT2D eigenvalue weighted by Crippen LogP contribution is -2.12. The average Bonchev–Trinajstić information content (AvgIpc) is 2.45. The Hall–Kier alpha value is -0.760. The van der Waals surface area contributed by atoms with Gasteiger partial charge in [0, 0.05) is 11.7 Å². The second-order valence-corrected chi connectivity index (χ2v) is 6.38. The lowest BCUT2D eigenvalue weighted by Gasteiger charge is -2.20. The molecule has 0 spiro atoms. The molecule has 1 fully saturated rings. The standard InChI is InChI=1S/C16H22OS/c17-15(12-11-14-7-3-1-4-8-14)13-18-16-9-5-2-6-10-16/h1,3-4,7-8,16H,2,5-6,9-13H2. The van der Waals surface area contributed by atoms with Gasteiger partial charge >= 0.3 is 0 Å². The largest absolute Gasteiger partial charge is 0.299 e. The molecule has 2 rings (SSSR count). The molecule has 1 aromatic carbocycles. The van der Waals surface area contributed by atoms with Gasteiger partial charge in [0.25, 0.3) is 0 Å². The van der Waals surface area contributed by atoms with Crippen LogP contribution in [0.1, 0.15) is 44.1 Å². The fourth-order valence-corrected chi connectivity index (χ4v) is 3.68.